The summed E-state index contributed by atoms with van der Waals surface area (Å²) in [5.74, 6) is -1.00. The van der Waals surface area contributed by atoms with Gasteiger partial charge < -0.3 is 5.73 Å². The number of benzene rings is 1. The number of nitrogen functional groups attached to an aromatic ring is 1. The minimum absolute atomic E-state index is 0.0576. The lowest BCUT2D eigenvalue weighted by atomic mass is 10.3. The van der Waals surface area contributed by atoms with Gasteiger partial charge in [0.15, 0.2) is 5.82 Å². The van der Waals surface area contributed by atoms with Gasteiger partial charge in [0.05, 0.1) is 11.9 Å². The van der Waals surface area contributed by atoms with Crippen molar-refractivity contribution in [3.63, 3.8) is 0 Å². The second kappa shape index (κ2) is 5.63. The Kier molecular flexibility index (Phi) is 4.22. The van der Waals surface area contributed by atoms with Crippen molar-refractivity contribution in [1.29, 1.82) is 0 Å². The van der Waals surface area contributed by atoms with Gasteiger partial charge in [-0.05, 0) is 12.1 Å². The van der Waals surface area contributed by atoms with Crippen molar-refractivity contribution >= 4 is 27.3 Å². The van der Waals surface area contributed by atoms with Crippen LogP contribution in [0.1, 0.15) is 5.56 Å². The zero-order chi connectivity index (χ0) is 15.8. The van der Waals surface area contributed by atoms with E-state index in [4.69, 9.17) is 17.3 Å². The molecule has 1 aromatic carbocycles. The Morgan fingerprint density at radius 3 is 2.71 bits per heavy atom. The Morgan fingerprint density at radius 1 is 1.48 bits per heavy atom. The number of hydrogen-bond acceptors (Lipinski definition) is 4. The van der Waals surface area contributed by atoms with Crippen molar-refractivity contribution in [1.82, 2.24) is 14.1 Å². The molecule has 1 aromatic heterocycles. The second-order valence-electron chi connectivity index (χ2n) is 4.59. The summed E-state index contributed by atoms with van der Waals surface area (Å²) in [7, 11) is -0.983. The van der Waals surface area contributed by atoms with Crippen LogP contribution in [-0.2, 0) is 23.6 Å². The monoisotopic (exact) mass is 332 g/mol. The van der Waals surface area contributed by atoms with Gasteiger partial charge in [-0.2, -0.15) is 9.40 Å². The summed E-state index contributed by atoms with van der Waals surface area (Å²) in [6, 6.07) is 2.21. The third-order valence-electron chi connectivity index (χ3n) is 2.88. The fourth-order valence-corrected chi connectivity index (χ4v) is 3.40. The van der Waals surface area contributed by atoms with Crippen molar-refractivity contribution < 1.29 is 12.8 Å². The summed E-state index contributed by atoms with van der Waals surface area (Å²) in [5.41, 5.74) is 5.79. The maximum absolute atomic E-state index is 14.0. The molecular weight excluding hydrogens is 319 g/mol. The van der Waals surface area contributed by atoms with Crippen LogP contribution in [0.2, 0.25) is 5.02 Å². The quantitative estimate of drug-likeness (QED) is 0.863. The molecule has 0 atom stereocenters. The Bertz CT molecular complexity index is 776. The van der Waals surface area contributed by atoms with E-state index in [1.165, 1.54) is 13.2 Å². The summed E-state index contributed by atoms with van der Waals surface area (Å²) in [6.07, 6.45) is 3.21. The lowest BCUT2D eigenvalue weighted by Gasteiger charge is -2.17. The first kappa shape index (κ1) is 15.7. The molecule has 0 aliphatic carbocycles. The summed E-state index contributed by atoms with van der Waals surface area (Å²) in [5, 5.41) is 4.01. The molecule has 0 unspecified atom stereocenters. The highest BCUT2D eigenvalue weighted by atomic mass is 35.5. The van der Waals surface area contributed by atoms with E-state index in [0.717, 1.165) is 16.4 Å². The number of rotatable bonds is 4. The summed E-state index contributed by atoms with van der Waals surface area (Å²) < 4.78 is 41.4. The molecule has 0 amide bonds. The Hall–Kier alpha value is -1.64. The molecule has 0 saturated carbocycles. The van der Waals surface area contributed by atoms with Gasteiger partial charge in [-0.3, -0.25) is 4.68 Å². The van der Waals surface area contributed by atoms with Crippen LogP contribution in [0, 0.1) is 5.82 Å². The van der Waals surface area contributed by atoms with E-state index < -0.39 is 20.7 Å². The molecule has 0 saturated heterocycles. The zero-order valence-corrected chi connectivity index (χ0v) is 13.0. The van der Waals surface area contributed by atoms with Gasteiger partial charge in [-0.1, -0.05) is 11.6 Å². The van der Waals surface area contributed by atoms with E-state index in [-0.39, 0.29) is 17.3 Å². The molecular formula is C12H14ClFN4O2S. The molecule has 2 aromatic rings. The molecule has 0 spiro atoms. The standard InChI is InChI=1S/C12H14ClFN4O2S/c1-17-6-8(5-16-17)7-18(2)21(19,20)11-4-9(13)3-10(15)12(11)14/h3-6H,7,15H2,1-2H3. The number of sulfonamides is 1. The number of hydrogen-bond donors (Lipinski definition) is 1. The first-order valence-electron chi connectivity index (χ1n) is 5.90. The van der Waals surface area contributed by atoms with Crippen LogP contribution >= 0.6 is 11.6 Å². The van der Waals surface area contributed by atoms with Crippen LogP contribution in [0.4, 0.5) is 10.1 Å². The third-order valence-corrected chi connectivity index (χ3v) is 4.90. The number of nitrogens with zero attached hydrogens (tertiary/aromatic N) is 3. The molecule has 9 heteroatoms. The fourth-order valence-electron chi connectivity index (χ4n) is 1.84. The molecule has 2 N–H and O–H groups in total. The van der Waals surface area contributed by atoms with Gasteiger partial charge in [-0.15, -0.1) is 0 Å². The summed E-state index contributed by atoms with van der Waals surface area (Å²) in [6.45, 7) is 0.0576. The van der Waals surface area contributed by atoms with Crippen LogP contribution in [0.5, 0.6) is 0 Å². The molecule has 2 rings (SSSR count). The zero-order valence-electron chi connectivity index (χ0n) is 11.4. The van der Waals surface area contributed by atoms with Gasteiger partial charge in [0, 0.05) is 37.4 Å². The van der Waals surface area contributed by atoms with E-state index in [1.54, 1.807) is 17.9 Å². The SMILES string of the molecule is CN(Cc1cnn(C)c1)S(=O)(=O)c1cc(Cl)cc(N)c1F. The van der Waals surface area contributed by atoms with Gasteiger partial charge in [0.1, 0.15) is 4.90 Å². The molecule has 114 valence electrons. The largest absolute Gasteiger partial charge is 0.396 e. The van der Waals surface area contributed by atoms with Gasteiger partial charge in [0.2, 0.25) is 10.0 Å². The topological polar surface area (TPSA) is 81.2 Å². The van der Waals surface area contributed by atoms with Gasteiger partial charge in [0.25, 0.3) is 0 Å². The van der Waals surface area contributed by atoms with E-state index >= 15 is 0 Å². The number of nitrogens with two attached hydrogens (primary N) is 1. The molecule has 0 aliphatic heterocycles. The summed E-state index contributed by atoms with van der Waals surface area (Å²) in [4.78, 5) is -0.543. The summed E-state index contributed by atoms with van der Waals surface area (Å²) >= 11 is 5.75. The van der Waals surface area contributed by atoms with Gasteiger partial charge >= 0.3 is 0 Å². The van der Waals surface area contributed by atoms with Crippen molar-refractivity contribution in [2.24, 2.45) is 7.05 Å². The molecule has 21 heavy (non-hydrogen) atoms. The number of aromatic nitrogens is 2. The minimum atomic E-state index is -4.05. The molecule has 6 nitrogen and oxygen atoms in total. The molecule has 0 fully saturated rings. The van der Waals surface area contributed by atoms with E-state index in [9.17, 15) is 12.8 Å². The van der Waals surface area contributed by atoms with E-state index in [1.807, 2.05) is 0 Å². The van der Waals surface area contributed by atoms with Crippen LogP contribution in [0.3, 0.4) is 0 Å². The minimum Gasteiger partial charge on any atom is -0.396 e. The molecule has 0 radical (unpaired) electrons. The highest BCUT2D eigenvalue weighted by molar-refractivity contribution is 7.89. The second-order valence-corrected chi connectivity index (χ2v) is 7.04. The molecule has 0 bridgehead atoms. The number of halogens is 2. The third kappa shape index (κ3) is 3.17. The Morgan fingerprint density at radius 2 is 2.14 bits per heavy atom. The average molecular weight is 333 g/mol. The van der Waals surface area contributed by atoms with Crippen LogP contribution in [0.25, 0.3) is 0 Å². The van der Waals surface area contributed by atoms with Crippen LogP contribution in [0.15, 0.2) is 29.4 Å². The normalized spacial score (nSPS) is 12.0. The average Bonchev–Trinajstić information content (AvgIpc) is 2.79. The molecule has 1 heterocycles. The van der Waals surface area contributed by atoms with Crippen molar-refractivity contribution in [3.05, 3.63) is 40.9 Å². The fraction of sp³-hybridized carbons (Fsp3) is 0.250. The molecule has 0 aliphatic rings. The van der Waals surface area contributed by atoms with Crippen molar-refractivity contribution in [2.75, 3.05) is 12.8 Å². The van der Waals surface area contributed by atoms with E-state index in [0.29, 0.717) is 5.56 Å². The van der Waals surface area contributed by atoms with Crippen molar-refractivity contribution in [2.45, 2.75) is 11.4 Å². The highest BCUT2D eigenvalue weighted by Crippen LogP contribution is 2.27. The lowest BCUT2D eigenvalue weighted by molar-refractivity contribution is 0.460. The van der Waals surface area contributed by atoms with E-state index in [2.05, 4.69) is 5.10 Å². The van der Waals surface area contributed by atoms with Gasteiger partial charge in [-0.25, -0.2) is 12.8 Å². The lowest BCUT2D eigenvalue weighted by Crippen LogP contribution is -2.27. The van der Waals surface area contributed by atoms with Crippen molar-refractivity contribution in [3.8, 4) is 0 Å². The number of anilines is 1. The first-order valence-corrected chi connectivity index (χ1v) is 7.72. The first-order chi connectivity index (χ1) is 9.71. The smallest absolute Gasteiger partial charge is 0.246 e. The predicted octanol–water partition coefficient (Wildman–Crippen LogP) is 1.62. The number of aryl methyl sites for hydroxylation is 1. The Balaban J connectivity index is 2.37. The maximum Gasteiger partial charge on any atom is 0.246 e. The Labute approximate surface area is 127 Å². The predicted molar refractivity (Wildman–Crippen MR) is 77.7 cm³/mol. The maximum atomic E-state index is 14.0. The highest BCUT2D eigenvalue weighted by Gasteiger charge is 2.26. The van der Waals surface area contributed by atoms with Crippen LogP contribution < -0.4 is 5.73 Å². The van der Waals surface area contributed by atoms with Crippen LogP contribution in [-0.4, -0.2) is 29.6 Å².